The Morgan fingerprint density at radius 2 is 2.19 bits per heavy atom. The van der Waals surface area contributed by atoms with Crippen molar-refractivity contribution in [2.45, 2.75) is 26.8 Å². The zero-order chi connectivity index (χ0) is 12.3. The van der Waals surface area contributed by atoms with Crippen LogP contribution in [-0.4, -0.2) is 27.7 Å². The van der Waals surface area contributed by atoms with Gasteiger partial charge in [-0.05, 0) is 17.0 Å². The molecule has 90 valence electrons. The summed E-state index contributed by atoms with van der Waals surface area (Å²) >= 11 is 5.57. The first-order valence-electron chi connectivity index (χ1n) is 4.90. The lowest BCUT2D eigenvalue weighted by Crippen LogP contribution is -2.37. The van der Waals surface area contributed by atoms with Gasteiger partial charge in [0.15, 0.2) is 11.6 Å². The normalized spacial score (nSPS) is 13.6. The van der Waals surface area contributed by atoms with E-state index in [1.807, 2.05) is 20.8 Å². The molecule has 0 amide bonds. The Labute approximate surface area is 98.9 Å². The Hall–Kier alpha value is -0.940. The summed E-state index contributed by atoms with van der Waals surface area (Å²) in [6.45, 7) is 5.68. The van der Waals surface area contributed by atoms with Crippen molar-refractivity contribution in [3.05, 3.63) is 17.3 Å². The predicted octanol–water partition coefficient (Wildman–Crippen LogP) is 2.09. The van der Waals surface area contributed by atoms with Gasteiger partial charge in [0.05, 0.1) is 18.8 Å². The van der Waals surface area contributed by atoms with Crippen LogP contribution in [0.2, 0.25) is 5.28 Å². The molecule has 0 spiro atoms. The molecule has 4 nitrogen and oxygen atoms in total. The number of anilines is 1. The second-order valence-electron chi connectivity index (χ2n) is 4.58. The summed E-state index contributed by atoms with van der Waals surface area (Å²) in [4.78, 5) is 7.24. The molecule has 0 bridgehead atoms. The molecule has 0 aromatic carbocycles. The largest absolute Gasteiger partial charge is 0.394 e. The van der Waals surface area contributed by atoms with Gasteiger partial charge in [0.1, 0.15) is 0 Å². The van der Waals surface area contributed by atoms with Gasteiger partial charge in [-0.2, -0.15) is 4.98 Å². The van der Waals surface area contributed by atoms with Gasteiger partial charge < -0.3 is 10.4 Å². The van der Waals surface area contributed by atoms with Gasteiger partial charge in [0.2, 0.25) is 5.28 Å². The molecule has 0 aliphatic carbocycles. The van der Waals surface area contributed by atoms with Crippen molar-refractivity contribution in [2.75, 3.05) is 11.9 Å². The summed E-state index contributed by atoms with van der Waals surface area (Å²) in [5.74, 6) is -0.582. The van der Waals surface area contributed by atoms with E-state index in [4.69, 9.17) is 11.6 Å². The Bertz CT molecular complexity index is 368. The minimum atomic E-state index is -0.591. The maximum atomic E-state index is 13.3. The van der Waals surface area contributed by atoms with Crippen molar-refractivity contribution in [3.63, 3.8) is 0 Å². The lowest BCUT2D eigenvalue weighted by molar-refractivity contribution is 0.201. The number of rotatable bonds is 3. The molecule has 0 aliphatic heterocycles. The average molecular weight is 248 g/mol. The third-order valence-electron chi connectivity index (χ3n) is 2.25. The predicted molar refractivity (Wildman–Crippen MR) is 61.0 cm³/mol. The summed E-state index contributed by atoms with van der Waals surface area (Å²) in [6.07, 6.45) is 0.995. The van der Waals surface area contributed by atoms with Crippen molar-refractivity contribution in [1.29, 1.82) is 0 Å². The minimum absolute atomic E-state index is 0.00831. The highest BCUT2D eigenvalue weighted by atomic mass is 35.5. The number of halogens is 2. The molecule has 0 radical (unpaired) electrons. The van der Waals surface area contributed by atoms with Crippen LogP contribution in [0.1, 0.15) is 20.8 Å². The lowest BCUT2D eigenvalue weighted by Gasteiger charge is -2.30. The van der Waals surface area contributed by atoms with Gasteiger partial charge in [-0.15, -0.1) is 0 Å². The highest BCUT2D eigenvalue weighted by Gasteiger charge is 2.25. The summed E-state index contributed by atoms with van der Waals surface area (Å²) in [5.41, 5.74) is -0.224. The van der Waals surface area contributed by atoms with E-state index >= 15 is 0 Å². The van der Waals surface area contributed by atoms with Gasteiger partial charge in [0, 0.05) is 0 Å². The first-order valence-corrected chi connectivity index (χ1v) is 5.28. The minimum Gasteiger partial charge on any atom is -0.394 e. The van der Waals surface area contributed by atoms with E-state index < -0.39 is 5.82 Å². The number of hydrogen-bond acceptors (Lipinski definition) is 4. The maximum absolute atomic E-state index is 13.3. The van der Waals surface area contributed by atoms with Crippen LogP contribution in [-0.2, 0) is 0 Å². The monoisotopic (exact) mass is 247 g/mol. The molecule has 6 heteroatoms. The molecule has 0 saturated carbocycles. The van der Waals surface area contributed by atoms with E-state index in [0.29, 0.717) is 0 Å². The quantitative estimate of drug-likeness (QED) is 0.803. The number of nitrogens with zero attached hydrogens (tertiary/aromatic N) is 2. The topological polar surface area (TPSA) is 58.0 Å². The Kier molecular flexibility index (Phi) is 4.04. The molecular formula is C10H15ClFN3O. The molecule has 1 aromatic heterocycles. The lowest BCUT2D eigenvalue weighted by atomic mass is 9.87. The van der Waals surface area contributed by atoms with Crippen molar-refractivity contribution < 1.29 is 9.50 Å². The van der Waals surface area contributed by atoms with E-state index in [1.54, 1.807) is 0 Å². The summed E-state index contributed by atoms with van der Waals surface area (Å²) in [6, 6.07) is -0.312. The Morgan fingerprint density at radius 3 is 2.69 bits per heavy atom. The van der Waals surface area contributed by atoms with Crippen molar-refractivity contribution in [1.82, 2.24) is 9.97 Å². The van der Waals surface area contributed by atoms with Crippen LogP contribution < -0.4 is 5.32 Å². The SMILES string of the molecule is CC(C)(C)C(CO)Nc1nc(Cl)ncc1F. The average Bonchev–Trinajstić information content (AvgIpc) is 2.17. The highest BCUT2D eigenvalue weighted by molar-refractivity contribution is 6.28. The van der Waals surface area contributed by atoms with Crippen molar-refractivity contribution >= 4 is 17.4 Å². The number of aromatic nitrogens is 2. The molecule has 1 atom stereocenters. The smallest absolute Gasteiger partial charge is 0.224 e. The van der Waals surface area contributed by atoms with Gasteiger partial charge >= 0.3 is 0 Å². The number of aliphatic hydroxyl groups is 1. The van der Waals surface area contributed by atoms with Crippen LogP contribution in [0.4, 0.5) is 10.2 Å². The van der Waals surface area contributed by atoms with Crippen LogP contribution in [0.15, 0.2) is 6.20 Å². The van der Waals surface area contributed by atoms with Gasteiger partial charge in [0.25, 0.3) is 0 Å². The molecule has 2 N–H and O–H groups in total. The Balaban J connectivity index is 2.90. The first kappa shape index (κ1) is 13.1. The van der Waals surface area contributed by atoms with Crippen LogP contribution >= 0.6 is 11.6 Å². The van der Waals surface area contributed by atoms with Gasteiger partial charge in [-0.3, -0.25) is 0 Å². The molecule has 16 heavy (non-hydrogen) atoms. The van der Waals surface area contributed by atoms with E-state index in [0.717, 1.165) is 6.20 Å². The molecule has 0 aliphatic rings. The summed E-state index contributed by atoms with van der Waals surface area (Å²) in [7, 11) is 0. The van der Waals surface area contributed by atoms with Crippen LogP contribution in [0.25, 0.3) is 0 Å². The molecular weight excluding hydrogens is 233 g/mol. The van der Waals surface area contributed by atoms with Gasteiger partial charge in [-0.1, -0.05) is 20.8 Å². The molecule has 1 heterocycles. The van der Waals surface area contributed by atoms with Crippen LogP contribution in [0, 0.1) is 11.2 Å². The maximum Gasteiger partial charge on any atom is 0.224 e. The summed E-state index contributed by atoms with van der Waals surface area (Å²) < 4.78 is 13.3. The van der Waals surface area contributed by atoms with Crippen LogP contribution in [0.5, 0.6) is 0 Å². The molecule has 1 rings (SSSR count). The molecule has 0 saturated heterocycles. The molecule has 1 aromatic rings. The molecule has 0 fully saturated rings. The zero-order valence-electron chi connectivity index (χ0n) is 9.46. The fourth-order valence-electron chi connectivity index (χ4n) is 1.15. The highest BCUT2D eigenvalue weighted by Crippen LogP contribution is 2.23. The second-order valence-corrected chi connectivity index (χ2v) is 4.92. The second kappa shape index (κ2) is 4.93. The van der Waals surface area contributed by atoms with E-state index in [1.165, 1.54) is 0 Å². The third kappa shape index (κ3) is 3.28. The Morgan fingerprint density at radius 1 is 1.56 bits per heavy atom. The van der Waals surface area contributed by atoms with E-state index in [2.05, 4.69) is 15.3 Å². The first-order chi connectivity index (χ1) is 7.34. The number of hydrogen-bond donors (Lipinski definition) is 2. The van der Waals surface area contributed by atoms with Crippen molar-refractivity contribution in [3.8, 4) is 0 Å². The number of nitrogens with one attached hydrogen (secondary N) is 1. The summed E-state index contributed by atoms with van der Waals surface area (Å²) in [5, 5.41) is 12.0. The number of aliphatic hydroxyl groups excluding tert-OH is 1. The fraction of sp³-hybridized carbons (Fsp3) is 0.600. The van der Waals surface area contributed by atoms with Crippen LogP contribution in [0.3, 0.4) is 0 Å². The third-order valence-corrected chi connectivity index (χ3v) is 2.44. The fourth-order valence-corrected chi connectivity index (χ4v) is 1.28. The molecule has 1 unspecified atom stereocenters. The zero-order valence-corrected chi connectivity index (χ0v) is 10.2. The van der Waals surface area contributed by atoms with E-state index in [-0.39, 0.29) is 29.2 Å². The standard InChI is InChI=1S/C10H15ClFN3O/c1-10(2,3)7(5-16)14-8-6(12)4-13-9(11)15-8/h4,7,16H,5H2,1-3H3,(H,13,14,15). The van der Waals surface area contributed by atoms with Crippen molar-refractivity contribution in [2.24, 2.45) is 5.41 Å². The van der Waals surface area contributed by atoms with E-state index in [9.17, 15) is 9.50 Å². The van der Waals surface area contributed by atoms with Gasteiger partial charge in [-0.25, -0.2) is 9.37 Å².